The van der Waals surface area contributed by atoms with Crippen molar-refractivity contribution in [3.05, 3.63) is 29.3 Å². The lowest BCUT2D eigenvalue weighted by Gasteiger charge is -2.36. The Morgan fingerprint density at radius 2 is 2.06 bits per heavy atom. The molecule has 1 aromatic rings. The molecular weight excluding hydrogens is 202 g/mol. The first-order chi connectivity index (χ1) is 7.42. The Bertz CT molecular complexity index is 386. The van der Waals surface area contributed by atoms with E-state index in [0.29, 0.717) is 5.56 Å². The lowest BCUT2D eigenvalue weighted by atomic mass is 10.0. The van der Waals surface area contributed by atoms with Crippen molar-refractivity contribution >= 4 is 12.0 Å². The molecule has 0 radical (unpaired) electrons. The van der Waals surface area contributed by atoms with Crippen molar-refractivity contribution in [2.24, 2.45) is 0 Å². The number of anilines is 1. The van der Waals surface area contributed by atoms with Crippen LogP contribution in [0, 0.1) is 6.92 Å². The second kappa shape index (κ2) is 4.66. The van der Waals surface area contributed by atoms with E-state index in [0.717, 1.165) is 17.5 Å². The predicted molar refractivity (Wildman–Crippen MR) is 66.1 cm³/mol. The fraction of sp³-hybridized carbons (Fsp3) is 0.462. The summed E-state index contributed by atoms with van der Waals surface area (Å²) in [5.41, 5.74) is 2.18. The predicted octanol–water partition coefficient (Wildman–Crippen LogP) is 2.01. The number of aryl methyl sites for hydroxylation is 1. The van der Waals surface area contributed by atoms with Crippen LogP contribution in [0.1, 0.15) is 29.8 Å². The standard InChI is InChI=1S/C13H19NO2/c1-10-5-6-12(11(7-10)8-15)14(4)13(2,3)9-16/h5-8,16H,9H2,1-4H3. The Labute approximate surface area is 96.7 Å². The molecule has 0 aliphatic carbocycles. The number of nitrogens with zero attached hydrogens (tertiary/aromatic N) is 1. The Morgan fingerprint density at radius 3 is 2.56 bits per heavy atom. The van der Waals surface area contributed by atoms with Gasteiger partial charge in [0.15, 0.2) is 6.29 Å². The van der Waals surface area contributed by atoms with Crippen LogP contribution in [0.15, 0.2) is 18.2 Å². The van der Waals surface area contributed by atoms with Crippen molar-refractivity contribution in [2.45, 2.75) is 26.3 Å². The van der Waals surface area contributed by atoms with Crippen LogP contribution in [-0.2, 0) is 0 Å². The van der Waals surface area contributed by atoms with Gasteiger partial charge in [-0.05, 0) is 32.9 Å². The number of hydrogen-bond donors (Lipinski definition) is 1. The van der Waals surface area contributed by atoms with Gasteiger partial charge < -0.3 is 10.0 Å². The van der Waals surface area contributed by atoms with E-state index in [4.69, 9.17) is 0 Å². The molecule has 0 aliphatic rings. The summed E-state index contributed by atoms with van der Waals surface area (Å²) in [6.45, 7) is 5.85. The van der Waals surface area contributed by atoms with Gasteiger partial charge in [-0.15, -0.1) is 0 Å². The van der Waals surface area contributed by atoms with Crippen molar-refractivity contribution in [3.8, 4) is 0 Å². The van der Waals surface area contributed by atoms with Gasteiger partial charge in [0.25, 0.3) is 0 Å². The first kappa shape index (κ1) is 12.7. The maximum atomic E-state index is 11.0. The fourth-order valence-corrected chi connectivity index (χ4v) is 1.51. The van der Waals surface area contributed by atoms with Crippen LogP contribution in [0.25, 0.3) is 0 Å². The molecule has 0 aromatic heterocycles. The number of likely N-dealkylation sites (N-methyl/N-ethyl adjacent to an activating group) is 1. The molecule has 16 heavy (non-hydrogen) atoms. The molecule has 3 heteroatoms. The Hall–Kier alpha value is -1.35. The first-order valence-electron chi connectivity index (χ1n) is 5.33. The molecular formula is C13H19NO2. The molecule has 0 fully saturated rings. The van der Waals surface area contributed by atoms with E-state index in [9.17, 15) is 9.90 Å². The van der Waals surface area contributed by atoms with Crippen molar-refractivity contribution in [1.29, 1.82) is 0 Å². The normalized spacial score (nSPS) is 11.3. The summed E-state index contributed by atoms with van der Waals surface area (Å²) in [6.07, 6.45) is 0.853. The number of carbonyl (C=O) groups is 1. The number of hydrogen-bond acceptors (Lipinski definition) is 3. The van der Waals surface area contributed by atoms with Crippen LogP contribution in [0.2, 0.25) is 0 Å². The minimum atomic E-state index is -0.382. The average molecular weight is 221 g/mol. The van der Waals surface area contributed by atoms with Crippen molar-refractivity contribution < 1.29 is 9.90 Å². The van der Waals surface area contributed by atoms with Gasteiger partial charge in [-0.1, -0.05) is 11.6 Å². The number of benzene rings is 1. The lowest BCUT2D eigenvalue weighted by molar-refractivity contribution is 0.112. The maximum Gasteiger partial charge on any atom is 0.152 e. The van der Waals surface area contributed by atoms with Gasteiger partial charge in [0.1, 0.15) is 0 Å². The molecule has 1 rings (SSSR count). The molecule has 0 saturated heterocycles. The zero-order valence-electron chi connectivity index (χ0n) is 10.3. The van der Waals surface area contributed by atoms with Gasteiger partial charge in [-0.25, -0.2) is 0 Å². The van der Waals surface area contributed by atoms with Gasteiger partial charge in [-0.3, -0.25) is 4.79 Å². The minimum Gasteiger partial charge on any atom is -0.394 e. The molecule has 0 aliphatic heterocycles. The third kappa shape index (κ3) is 2.42. The van der Waals surface area contributed by atoms with Gasteiger partial charge in [0, 0.05) is 18.3 Å². The number of aldehydes is 1. The molecule has 0 bridgehead atoms. The van der Waals surface area contributed by atoms with Gasteiger partial charge in [0.05, 0.1) is 12.1 Å². The van der Waals surface area contributed by atoms with E-state index in [1.165, 1.54) is 0 Å². The van der Waals surface area contributed by atoms with E-state index in [1.807, 2.05) is 50.9 Å². The molecule has 0 spiro atoms. The quantitative estimate of drug-likeness (QED) is 0.791. The highest BCUT2D eigenvalue weighted by molar-refractivity contribution is 5.85. The van der Waals surface area contributed by atoms with Crippen molar-refractivity contribution in [2.75, 3.05) is 18.6 Å². The van der Waals surface area contributed by atoms with E-state index < -0.39 is 0 Å². The SMILES string of the molecule is Cc1ccc(N(C)C(C)(C)CO)c(C=O)c1. The van der Waals surface area contributed by atoms with Crippen LogP contribution in [0.5, 0.6) is 0 Å². The third-order valence-electron chi connectivity index (χ3n) is 2.97. The highest BCUT2D eigenvalue weighted by atomic mass is 16.3. The number of carbonyl (C=O) groups excluding carboxylic acids is 1. The van der Waals surface area contributed by atoms with Gasteiger partial charge in [0.2, 0.25) is 0 Å². The largest absolute Gasteiger partial charge is 0.394 e. The molecule has 0 unspecified atom stereocenters. The summed E-state index contributed by atoms with van der Waals surface area (Å²) in [4.78, 5) is 12.9. The second-order valence-corrected chi connectivity index (χ2v) is 4.71. The summed E-state index contributed by atoms with van der Waals surface area (Å²) in [5.74, 6) is 0. The van der Waals surface area contributed by atoms with E-state index in [1.54, 1.807) is 0 Å². The Balaban J connectivity index is 3.18. The molecule has 0 atom stereocenters. The average Bonchev–Trinajstić information content (AvgIpc) is 2.27. The molecule has 1 N–H and O–H groups in total. The molecule has 0 heterocycles. The summed E-state index contributed by atoms with van der Waals surface area (Å²) >= 11 is 0. The highest BCUT2D eigenvalue weighted by Crippen LogP contribution is 2.25. The second-order valence-electron chi connectivity index (χ2n) is 4.71. The number of rotatable bonds is 4. The summed E-state index contributed by atoms with van der Waals surface area (Å²) in [7, 11) is 1.88. The van der Waals surface area contributed by atoms with Crippen molar-refractivity contribution in [1.82, 2.24) is 0 Å². The molecule has 1 aromatic carbocycles. The van der Waals surface area contributed by atoms with Gasteiger partial charge in [-0.2, -0.15) is 0 Å². The molecule has 88 valence electrons. The number of aliphatic hydroxyl groups excluding tert-OH is 1. The smallest absolute Gasteiger partial charge is 0.152 e. The minimum absolute atomic E-state index is 0.0374. The number of aliphatic hydroxyl groups is 1. The molecule has 0 saturated carbocycles. The zero-order valence-corrected chi connectivity index (χ0v) is 10.3. The van der Waals surface area contributed by atoms with Gasteiger partial charge >= 0.3 is 0 Å². The fourth-order valence-electron chi connectivity index (χ4n) is 1.51. The summed E-state index contributed by atoms with van der Waals surface area (Å²) in [5, 5.41) is 9.31. The Morgan fingerprint density at radius 1 is 1.44 bits per heavy atom. The van der Waals surface area contributed by atoms with Crippen LogP contribution >= 0.6 is 0 Å². The molecule has 0 amide bonds. The van der Waals surface area contributed by atoms with Crippen molar-refractivity contribution in [3.63, 3.8) is 0 Å². The van der Waals surface area contributed by atoms with E-state index >= 15 is 0 Å². The summed E-state index contributed by atoms with van der Waals surface area (Å²) in [6, 6.07) is 5.73. The first-order valence-corrected chi connectivity index (χ1v) is 5.33. The maximum absolute atomic E-state index is 11.0. The third-order valence-corrected chi connectivity index (χ3v) is 2.97. The molecule has 3 nitrogen and oxygen atoms in total. The monoisotopic (exact) mass is 221 g/mol. The van der Waals surface area contributed by atoms with E-state index in [-0.39, 0.29) is 12.1 Å². The summed E-state index contributed by atoms with van der Waals surface area (Å²) < 4.78 is 0. The highest BCUT2D eigenvalue weighted by Gasteiger charge is 2.24. The van der Waals surface area contributed by atoms with Crippen LogP contribution < -0.4 is 4.90 Å². The van der Waals surface area contributed by atoms with Crippen LogP contribution in [0.3, 0.4) is 0 Å². The lowest BCUT2D eigenvalue weighted by Crippen LogP contribution is -2.44. The Kier molecular flexibility index (Phi) is 3.70. The van der Waals surface area contributed by atoms with Crippen LogP contribution in [-0.4, -0.2) is 30.6 Å². The topological polar surface area (TPSA) is 40.5 Å². The van der Waals surface area contributed by atoms with E-state index in [2.05, 4.69) is 0 Å². The zero-order chi connectivity index (χ0) is 12.3. The van der Waals surface area contributed by atoms with Crippen LogP contribution in [0.4, 0.5) is 5.69 Å².